The van der Waals surface area contributed by atoms with Crippen LogP contribution in [0.2, 0.25) is 0 Å². The number of piperidine rings is 2. The van der Waals surface area contributed by atoms with Gasteiger partial charge in [0.1, 0.15) is 0 Å². The average Bonchev–Trinajstić information content (AvgIpc) is 2.48. The maximum Gasteiger partial charge on any atom is 0.242 e. The quantitative estimate of drug-likeness (QED) is 0.831. The molecule has 0 aromatic heterocycles. The zero-order valence-corrected chi connectivity index (χ0v) is 13.8. The van der Waals surface area contributed by atoms with Crippen molar-refractivity contribution in [2.75, 3.05) is 39.8 Å². The van der Waals surface area contributed by atoms with Crippen LogP contribution in [0.3, 0.4) is 0 Å². The summed E-state index contributed by atoms with van der Waals surface area (Å²) in [5, 5.41) is 3.18. The molecule has 0 aromatic rings. The van der Waals surface area contributed by atoms with Gasteiger partial charge < -0.3 is 15.1 Å². The first-order chi connectivity index (χ1) is 9.70. The summed E-state index contributed by atoms with van der Waals surface area (Å²) < 4.78 is 0. The minimum Gasteiger partial charge on any atom is -0.341 e. The summed E-state index contributed by atoms with van der Waals surface area (Å²) in [5.41, 5.74) is 0. The first-order valence-electron chi connectivity index (χ1n) is 7.91. The number of carbonyl (C=O) groups is 2. The second-order valence-corrected chi connectivity index (χ2v) is 5.99. The minimum atomic E-state index is 0. The third kappa shape index (κ3) is 5.47. The van der Waals surface area contributed by atoms with Gasteiger partial charge in [-0.05, 0) is 51.6 Å². The Morgan fingerprint density at radius 3 is 2.57 bits per heavy atom. The summed E-state index contributed by atoms with van der Waals surface area (Å²) in [6.45, 7) is 3.81. The first-order valence-corrected chi connectivity index (χ1v) is 7.91. The number of hydrogen-bond acceptors (Lipinski definition) is 3. The monoisotopic (exact) mass is 317 g/mol. The minimum absolute atomic E-state index is 0. The van der Waals surface area contributed by atoms with E-state index in [1.54, 1.807) is 4.90 Å². The molecular weight excluding hydrogens is 290 g/mol. The highest BCUT2D eigenvalue weighted by Crippen LogP contribution is 2.20. The second kappa shape index (κ2) is 9.26. The number of carbonyl (C=O) groups excluding carboxylic acids is 2. The molecule has 2 saturated heterocycles. The summed E-state index contributed by atoms with van der Waals surface area (Å²) >= 11 is 0. The van der Waals surface area contributed by atoms with Crippen molar-refractivity contribution in [1.82, 2.24) is 15.1 Å². The van der Waals surface area contributed by atoms with Crippen LogP contribution in [0.4, 0.5) is 0 Å². The van der Waals surface area contributed by atoms with Gasteiger partial charge in [0.15, 0.2) is 0 Å². The van der Waals surface area contributed by atoms with Gasteiger partial charge in [0.05, 0.1) is 6.54 Å². The van der Waals surface area contributed by atoms with E-state index in [4.69, 9.17) is 0 Å². The molecule has 21 heavy (non-hydrogen) atoms. The number of likely N-dealkylation sites (tertiary alicyclic amines) is 2. The van der Waals surface area contributed by atoms with Crippen LogP contribution in [0, 0.1) is 5.92 Å². The fraction of sp³-hybridized carbons (Fsp3) is 0.867. The van der Waals surface area contributed by atoms with Crippen LogP contribution in [0.1, 0.15) is 38.5 Å². The predicted molar refractivity (Wildman–Crippen MR) is 85.5 cm³/mol. The Bertz CT molecular complexity index is 344. The molecule has 1 N–H and O–H groups in total. The highest BCUT2D eigenvalue weighted by atomic mass is 35.5. The zero-order valence-electron chi connectivity index (χ0n) is 13.0. The first kappa shape index (κ1) is 18.2. The van der Waals surface area contributed by atoms with Crippen molar-refractivity contribution >= 4 is 24.2 Å². The molecule has 0 bridgehead atoms. The number of halogens is 1. The van der Waals surface area contributed by atoms with E-state index in [1.807, 2.05) is 11.9 Å². The van der Waals surface area contributed by atoms with Gasteiger partial charge in [-0.25, -0.2) is 0 Å². The Balaban J connectivity index is 0.00000220. The Hall–Kier alpha value is -0.810. The van der Waals surface area contributed by atoms with Gasteiger partial charge in [-0.15, -0.1) is 12.4 Å². The molecular formula is C15H28ClN3O2. The largest absolute Gasteiger partial charge is 0.341 e. The van der Waals surface area contributed by atoms with E-state index >= 15 is 0 Å². The van der Waals surface area contributed by atoms with Crippen molar-refractivity contribution < 1.29 is 9.59 Å². The van der Waals surface area contributed by atoms with Gasteiger partial charge in [-0.2, -0.15) is 0 Å². The van der Waals surface area contributed by atoms with E-state index in [9.17, 15) is 9.59 Å². The third-order valence-corrected chi connectivity index (χ3v) is 4.52. The standard InChI is InChI=1S/C15H27N3O2.ClH/c1-16-8-5-13-6-10-17(11-7-13)15(20)12-18-9-3-2-4-14(18)19;/h13,16H,2-12H2,1H3;1H. The van der Waals surface area contributed by atoms with Crippen LogP contribution >= 0.6 is 12.4 Å². The molecule has 0 radical (unpaired) electrons. The molecule has 2 amide bonds. The number of rotatable bonds is 5. The second-order valence-electron chi connectivity index (χ2n) is 5.99. The van der Waals surface area contributed by atoms with E-state index in [0.717, 1.165) is 57.8 Å². The van der Waals surface area contributed by atoms with Crippen LogP contribution in [0.5, 0.6) is 0 Å². The smallest absolute Gasteiger partial charge is 0.242 e. The molecule has 2 aliphatic rings. The van der Waals surface area contributed by atoms with E-state index in [-0.39, 0.29) is 24.2 Å². The summed E-state index contributed by atoms with van der Waals surface area (Å²) in [5.74, 6) is 1.02. The summed E-state index contributed by atoms with van der Waals surface area (Å²) in [4.78, 5) is 27.7. The molecule has 2 fully saturated rings. The molecule has 2 aliphatic heterocycles. The molecule has 122 valence electrons. The number of amides is 2. The SMILES string of the molecule is CNCCC1CCN(C(=O)CN2CCCCC2=O)CC1.Cl. The summed E-state index contributed by atoms with van der Waals surface area (Å²) in [6.07, 6.45) is 6.01. The maximum absolute atomic E-state index is 12.3. The van der Waals surface area contributed by atoms with Gasteiger partial charge in [-0.1, -0.05) is 0 Å². The Kier molecular flexibility index (Phi) is 8.04. The molecule has 6 heteroatoms. The van der Waals surface area contributed by atoms with Crippen molar-refractivity contribution in [3.8, 4) is 0 Å². The molecule has 5 nitrogen and oxygen atoms in total. The average molecular weight is 318 g/mol. The molecule has 0 unspecified atom stereocenters. The van der Waals surface area contributed by atoms with E-state index in [0.29, 0.717) is 13.0 Å². The van der Waals surface area contributed by atoms with Gasteiger partial charge in [0.25, 0.3) is 0 Å². The van der Waals surface area contributed by atoms with Crippen molar-refractivity contribution in [2.24, 2.45) is 5.92 Å². The lowest BCUT2D eigenvalue weighted by Gasteiger charge is -2.34. The third-order valence-electron chi connectivity index (χ3n) is 4.52. The van der Waals surface area contributed by atoms with Crippen LogP contribution in [-0.4, -0.2) is 61.4 Å². The van der Waals surface area contributed by atoms with Crippen molar-refractivity contribution in [2.45, 2.75) is 38.5 Å². The highest BCUT2D eigenvalue weighted by Gasteiger charge is 2.26. The van der Waals surface area contributed by atoms with Crippen LogP contribution in [0.25, 0.3) is 0 Å². The molecule has 2 rings (SSSR count). The molecule has 2 heterocycles. The van der Waals surface area contributed by atoms with Crippen LogP contribution in [-0.2, 0) is 9.59 Å². The van der Waals surface area contributed by atoms with E-state index in [2.05, 4.69) is 5.32 Å². The van der Waals surface area contributed by atoms with Crippen LogP contribution in [0.15, 0.2) is 0 Å². The van der Waals surface area contributed by atoms with Gasteiger partial charge >= 0.3 is 0 Å². The molecule has 0 atom stereocenters. The molecule has 0 aliphatic carbocycles. The van der Waals surface area contributed by atoms with Crippen LogP contribution < -0.4 is 5.32 Å². The Morgan fingerprint density at radius 1 is 1.24 bits per heavy atom. The van der Waals surface area contributed by atoms with Crippen molar-refractivity contribution in [3.05, 3.63) is 0 Å². The number of hydrogen-bond donors (Lipinski definition) is 1. The molecule has 0 spiro atoms. The fourth-order valence-corrected chi connectivity index (χ4v) is 3.11. The topological polar surface area (TPSA) is 52.7 Å². The fourth-order valence-electron chi connectivity index (χ4n) is 3.11. The zero-order chi connectivity index (χ0) is 14.4. The molecule has 0 aromatic carbocycles. The highest BCUT2D eigenvalue weighted by molar-refractivity contribution is 5.85. The lowest BCUT2D eigenvalue weighted by Crippen LogP contribution is -2.47. The lowest BCUT2D eigenvalue weighted by molar-refractivity contribution is -0.142. The lowest BCUT2D eigenvalue weighted by atomic mass is 9.93. The number of nitrogens with one attached hydrogen (secondary N) is 1. The van der Waals surface area contributed by atoms with Gasteiger partial charge in [-0.3, -0.25) is 9.59 Å². The van der Waals surface area contributed by atoms with E-state index in [1.165, 1.54) is 6.42 Å². The molecule has 0 saturated carbocycles. The Labute approximate surface area is 133 Å². The number of nitrogens with zero attached hydrogens (tertiary/aromatic N) is 2. The normalized spacial score (nSPS) is 20.3. The van der Waals surface area contributed by atoms with Crippen molar-refractivity contribution in [1.29, 1.82) is 0 Å². The van der Waals surface area contributed by atoms with Crippen molar-refractivity contribution in [3.63, 3.8) is 0 Å². The van der Waals surface area contributed by atoms with E-state index < -0.39 is 0 Å². The maximum atomic E-state index is 12.3. The summed E-state index contributed by atoms with van der Waals surface area (Å²) in [6, 6.07) is 0. The predicted octanol–water partition coefficient (Wildman–Crippen LogP) is 1.27. The Morgan fingerprint density at radius 2 is 1.95 bits per heavy atom. The van der Waals surface area contributed by atoms with Gasteiger partial charge in [0, 0.05) is 26.1 Å². The summed E-state index contributed by atoms with van der Waals surface area (Å²) in [7, 11) is 1.98. The van der Waals surface area contributed by atoms with Gasteiger partial charge in [0.2, 0.25) is 11.8 Å².